The molecule has 0 aromatic carbocycles. The highest BCUT2D eigenvalue weighted by molar-refractivity contribution is 5.94. The third-order valence-electron chi connectivity index (χ3n) is 2.07. The minimum absolute atomic E-state index is 0.0295. The second kappa shape index (κ2) is 6.58. The van der Waals surface area contributed by atoms with Crippen LogP contribution in [0.1, 0.15) is 36.2 Å². The highest BCUT2D eigenvalue weighted by Crippen LogP contribution is 2.06. The van der Waals surface area contributed by atoms with E-state index < -0.39 is 0 Å². The van der Waals surface area contributed by atoms with Gasteiger partial charge in [0.1, 0.15) is 0 Å². The standard InChI is InChI=1S/C13H15NO3/c1-3-17-13(16)6-4-5-11-7-12(10(2)15)9-14-8-11/h4-5,7-9H,3,6H2,1-2H3. The Bertz CT molecular complexity index is 438. The van der Waals surface area contributed by atoms with Gasteiger partial charge < -0.3 is 4.74 Å². The number of carbonyl (C=O) groups excluding carboxylic acids is 2. The maximum Gasteiger partial charge on any atom is 0.309 e. The van der Waals surface area contributed by atoms with E-state index in [0.717, 1.165) is 5.56 Å². The van der Waals surface area contributed by atoms with Gasteiger partial charge in [-0.1, -0.05) is 12.2 Å². The summed E-state index contributed by atoms with van der Waals surface area (Å²) in [6.07, 6.45) is 6.81. The molecular weight excluding hydrogens is 218 g/mol. The monoisotopic (exact) mass is 233 g/mol. The van der Waals surface area contributed by atoms with Gasteiger partial charge in [-0.15, -0.1) is 0 Å². The Balaban J connectivity index is 2.62. The second-order valence-corrected chi connectivity index (χ2v) is 3.47. The van der Waals surface area contributed by atoms with Crippen molar-refractivity contribution in [3.63, 3.8) is 0 Å². The Morgan fingerprint density at radius 3 is 2.82 bits per heavy atom. The number of aromatic nitrogens is 1. The van der Waals surface area contributed by atoms with Crippen LogP contribution in [-0.2, 0) is 9.53 Å². The van der Waals surface area contributed by atoms with Crippen LogP contribution in [0.5, 0.6) is 0 Å². The smallest absolute Gasteiger partial charge is 0.309 e. The number of hydrogen-bond acceptors (Lipinski definition) is 4. The average Bonchev–Trinajstić information content (AvgIpc) is 2.30. The molecule has 0 spiro atoms. The van der Waals surface area contributed by atoms with Crippen molar-refractivity contribution in [3.8, 4) is 0 Å². The first-order chi connectivity index (χ1) is 8.13. The molecule has 90 valence electrons. The van der Waals surface area contributed by atoms with E-state index in [-0.39, 0.29) is 18.2 Å². The lowest BCUT2D eigenvalue weighted by Gasteiger charge is -1.98. The van der Waals surface area contributed by atoms with Gasteiger partial charge in [0.15, 0.2) is 5.78 Å². The fraction of sp³-hybridized carbons (Fsp3) is 0.308. The van der Waals surface area contributed by atoms with E-state index in [1.165, 1.54) is 13.1 Å². The van der Waals surface area contributed by atoms with E-state index in [2.05, 4.69) is 4.98 Å². The molecule has 0 bridgehead atoms. The summed E-state index contributed by atoms with van der Waals surface area (Å²) in [6, 6.07) is 1.73. The SMILES string of the molecule is CCOC(=O)CC=Cc1cncc(C(C)=O)c1. The summed E-state index contributed by atoms with van der Waals surface area (Å²) in [5.41, 5.74) is 1.35. The van der Waals surface area contributed by atoms with Crippen molar-refractivity contribution >= 4 is 17.8 Å². The lowest BCUT2D eigenvalue weighted by atomic mass is 10.1. The lowest BCUT2D eigenvalue weighted by molar-refractivity contribution is -0.142. The highest BCUT2D eigenvalue weighted by Gasteiger charge is 2.00. The summed E-state index contributed by atoms with van der Waals surface area (Å²) >= 11 is 0. The van der Waals surface area contributed by atoms with Crippen molar-refractivity contribution in [2.45, 2.75) is 20.3 Å². The average molecular weight is 233 g/mol. The number of Topliss-reactive ketones (excluding diaryl/α,β-unsaturated/α-hetero) is 1. The van der Waals surface area contributed by atoms with Crippen LogP contribution >= 0.6 is 0 Å². The van der Waals surface area contributed by atoms with Crippen molar-refractivity contribution in [2.24, 2.45) is 0 Å². The third-order valence-corrected chi connectivity index (χ3v) is 2.07. The number of carbonyl (C=O) groups is 2. The van der Waals surface area contributed by atoms with Crippen molar-refractivity contribution < 1.29 is 14.3 Å². The van der Waals surface area contributed by atoms with Crippen LogP contribution in [0.25, 0.3) is 6.08 Å². The van der Waals surface area contributed by atoms with Gasteiger partial charge in [0.25, 0.3) is 0 Å². The molecule has 0 aliphatic heterocycles. The zero-order chi connectivity index (χ0) is 12.7. The summed E-state index contributed by atoms with van der Waals surface area (Å²) in [7, 11) is 0. The van der Waals surface area contributed by atoms with Crippen molar-refractivity contribution in [1.82, 2.24) is 4.98 Å². The number of rotatable bonds is 5. The highest BCUT2D eigenvalue weighted by atomic mass is 16.5. The maximum absolute atomic E-state index is 11.1. The Morgan fingerprint density at radius 2 is 2.18 bits per heavy atom. The van der Waals surface area contributed by atoms with Crippen LogP contribution in [0.3, 0.4) is 0 Å². The minimum Gasteiger partial charge on any atom is -0.466 e. The molecular formula is C13H15NO3. The summed E-state index contributed by atoms with van der Waals surface area (Å²) in [5, 5.41) is 0. The van der Waals surface area contributed by atoms with Gasteiger partial charge in [-0.25, -0.2) is 0 Å². The number of hydrogen-bond donors (Lipinski definition) is 0. The summed E-state index contributed by atoms with van der Waals surface area (Å²) in [5.74, 6) is -0.294. The van der Waals surface area contributed by atoms with Crippen LogP contribution in [0.4, 0.5) is 0 Å². The van der Waals surface area contributed by atoms with Gasteiger partial charge in [-0.05, 0) is 25.5 Å². The predicted molar refractivity (Wildman–Crippen MR) is 64.5 cm³/mol. The Hall–Kier alpha value is -1.97. The van der Waals surface area contributed by atoms with Gasteiger partial charge in [-0.2, -0.15) is 0 Å². The molecule has 1 heterocycles. The fourth-order valence-electron chi connectivity index (χ4n) is 1.25. The van der Waals surface area contributed by atoms with E-state index in [1.54, 1.807) is 31.3 Å². The molecule has 0 aliphatic rings. The molecule has 1 aromatic rings. The zero-order valence-corrected chi connectivity index (χ0v) is 9.97. The quantitative estimate of drug-likeness (QED) is 0.578. The van der Waals surface area contributed by atoms with Gasteiger partial charge in [0.05, 0.1) is 13.0 Å². The Labute approximate surface area is 100 Å². The third kappa shape index (κ3) is 4.59. The molecule has 0 radical (unpaired) electrons. The molecule has 4 nitrogen and oxygen atoms in total. The fourth-order valence-corrected chi connectivity index (χ4v) is 1.25. The first-order valence-electron chi connectivity index (χ1n) is 5.41. The van der Waals surface area contributed by atoms with Crippen LogP contribution in [0.15, 0.2) is 24.5 Å². The van der Waals surface area contributed by atoms with Crippen LogP contribution in [-0.4, -0.2) is 23.3 Å². The van der Waals surface area contributed by atoms with E-state index in [0.29, 0.717) is 12.2 Å². The topological polar surface area (TPSA) is 56.3 Å². The van der Waals surface area contributed by atoms with Gasteiger partial charge in [0.2, 0.25) is 0 Å². The number of ether oxygens (including phenoxy) is 1. The molecule has 0 fully saturated rings. The van der Waals surface area contributed by atoms with E-state index in [4.69, 9.17) is 4.74 Å². The molecule has 17 heavy (non-hydrogen) atoms. The van der Waals surface area contributed by atoms with Gasteiger partial charge >= 0.3 is 5.97 Å². The second-order valence-electron chi connectivity index (χ2n) is 3.47. The number of pyridine rings is 1. The first-order valence-corrected chi connectivity index (χ1v) is 5.41. The molecule has 0 amide bonds. The Morgan fingerprint density at radius 1 is 1.41 bits per heavy atom. The molecule has 4 heteroatoms. The molecule has 1 aromatic heterocycles. The van der Waals surface area contributed by atoms with E-state index in [9.17, 15) is 9.59 Å². The Kier molecular flexibility index (Phi) is 5.07. The molecule has 0 saturated carbocycles. The first kappa shape index (κ1) is 13.1. The molecule has 0 saturated heterocycles. The van der Waals surface area contributed by atoms with Crippen molar-refractivity contribution in [1.29, 1.82) is 0 Å². The predicted octanol–water partition coefficient (Wildman–Crippen LogP) is 2.25. The van der Waals surface area contributed by atoms with Gasteiger partial charge in [0, 0.05) is 18.0 Å². The maximum atomic E-state index is 11.1. The van der Waals surface area contributed by atoms with E-state index in [1.807, 2.05) is 0 Å². The molecule has 0 aliphatic carbocycles. The van der Waals surface area contributed by atoms with Gasteiger partial charge in [-0.3, -0.25) is 14.6 Å². The largest absolute Gasteiger partial charge is 0.466 e. The summed E-state index contributed by atoms with van der Waals surface area (Å²) < 4.78 is 4.78. The van der Waals surface area contributed by atoms with Crippen molar-refractivity contribution in [2.75, 3.05) is 6.61 Å². The lowest BCUT2D eigenvalue weighted by Crippen LogP contribution is -2.01. The van der Waals surface area contributed by atoms with Crippen LogP contribution < -0.4 is 0 Å². The van der Waals surface area contributed by atoms with Crippen LogP contribution in [0, 0.1) is 0 Å². The molecule has 0 unspecified atom stereocenters. The number of esters is 1. The number of ketones is 1. The summed E-state index contributed by atoms with van der Waals surface area (Å²) in [4.78, 5) is 26.1. The molecule has 0 N–H and O–H groups in total. The van der Waals surface area contributed by atoms with E-state index >= 15 is 0 Å². The molecule has 0 atom stereocenters. The minimum atomic E-state index is -0.264. The normalized spacial score (nSPS) is 10.5. The van der Waals surface area contributed by atoms with Crippen LogP contribution in [0.2, 0.25) is 0 Å². The van der Waals surface area contributed by atoms with Crippen molar-refractivity contribution in [3.05, 3.63) is 35.7 Å². The summed E-state index contributed by atoms with van der Waals surface area (Å²) in [6.45, 7) is 3.64. The molecule has 1 rings (SSSR count). The zero-order valence-electron chi connectivity index (χ0n) is 9.97. The number of nitrogens with zero attached hydrogens (tertiary/aromatic N) is 1.